The minimum absolute atomic E-state index is 0.140. The molecule has 0 spiro atoms. The molecular weight excluding hydrogens is 334 g/mol. The van der Waals surface area contributed by atoms with Crippen molar-refractivity contribution in [2.24, 2.45) is 0 Å². The van der Waals surface area contributed by atoms with Gasteiger partial charge in [0.1, 0.15) is 4.21 Å². The molecule has 112 valence electrons. The van der Waals surface area contributed by atoms with Gasteiger partial charge < -0.3 is 5.73 Å². The van der Waals surface area contributed by atoms with Crippen molar-refractivity contribution < 1.29 is 13.3 Å². The van der Waals surface area contributed by atoms with Crippen molar-refractivity contribution in [2.45, 2.75) is 9.10 Å². The van der Waals surface area contributed by atoms with E-state index in [9.17, 15) is 18.5 Å². The maximum Gasteiger partial charge on any atom is 0.304 e. The Morgan fingerprint density at radius 3 is 2.62 bits per heavy atom. The van der Waals surface area contributed by atoms with E-state index in [1.165, 1.54) is 11.8 Å². The molecule has 1 heterocycles. The lowest BCUT2D eigenvalue weighted by Crippen LogP contribution is -2.12. The van der Waals surface area contributed by atoms with Gasteiger partial charge in [0.15, 0.2) is 5.00 Å². The molecule has 0 amide bonds. The average molecular weight is 345 g/mol. The van der Waals surface area contributed by atoms with Gasteiger partial charge in [-0.3, -0.25) is 14.8 Å². The minimum Gasteiger partial charge on any atom is -0.385 e. The van der Waals surface area contributed by atoms with Gasteiger partial charge in [0.05, 0.1) is 10.6 Å². The van der Waals surface area contributed by atoms with E-state index < -0.39 is 20.6 Å². The van der Waals surface area contributed by atoms with Crippen molar-refractivity contribution >= 4 is 49.5 Å². The smallest absolute Gasteiger partial charge is 0.304 e. The summed E-state index contributed by atoms with van der Waals surface area (Å²) in [5.41, 5.74) is 5.48. The van der Waals surface area contributed by atoms with Gasteiger partial charge in [-0.15, -0.1) is 11.8 Å². The predicted molar refractivity (Wildman–Crippen MR) is 84.4 cm³/mol. The molecule has 21 heavy (non-hydrogen) atoms. The van der Waals surface area contributed by atoms with E-state index in [4.69, 9.17) is 5.73 Å². The van der Waals surface area contributed by atoms with Crippen LogP contribution in [0.15, 0.2) is 39.4 Å². The highest BCUT2D eigenvalue weighted by Crippen LogP contribution is 2.36. The third-order valence-corrected chi connectivity index (χ3v) is 6.12. The maximum absolute atomic E-state index is 12.3. The summed E-state index contributed by atoms with van der Waals surface area (Å²) in [4.78, 5) is 10.8. The normalized spacial score (nSPS) is 11.3. The molecule has 7 nitrogen and oxygen atoms in total. The van der Waals surface area contributed by atoms with Crippen molar-refractivity contribution in [1.82, 2.24) is 0 Å². The van der Waals surface area contributed by atoms with Crippen LogP contribution in [0.3, 0.4) is 0 Å². The third kappa shape index (κ3) is 3.28. The van der Waals surface area contributed by atoms with E-state index >= 15 is 0 Å². The van der Waals surface area contributed by atoms with Crippen LogP contribution < -0.4 is 10.5 Å². The second-order valence-electron chi connectivity index (χ2n) is 3.88. The van der Waals surface area contributed by atoms with Crippen LogP contribution in [0, 0.1) is 10.1 Å². The summed E-state index contributed by atoms with van der Waals surface area (Å²) in [6.07, 6.45) is 1.82. The first-order valence-corrected chi connectivity index (χ1v) is 9.07. The summed E-state index contributed by atoms with van der Waals surface area (Å²) >= 11 is 2.05. The highest BCUT2D eigenvalue weighted by atomic mass is 32.2. The van der Waals surface area contributed by atoms with Crippen LogP contribution in [-0.2, 0) is 10.0 Å². The second-order valence-corrected chi connectivity index (χ2v) is 7.72. The lowest BCUT2D eigenvalue weighted by Gasteiger charge is -2.09. The molecule has 3 N–H and O–H groups in total. The number of anilines is 2. The van der Waals surface area contributed by atoms with Crippen molar-refractivity contribution in [3.05, 3.63) is 40.4 Å². The first-order valence-electron chi connectivity index (χ1n) is 5.54. The molecule has 0 saturated carbocycles. The second kappa shape index (κ2) is 5.92. The zero-order valence-electron chi connectivity index (χ0n) is 10.8. The van der Waals surface area contributed by atoms with E-state index in [1.807, 2.05) is 6.26 Å². The molecule has 1 aromatic heterocycles. The molecule has 0 atom stereocenters. The molecule has 10 heteroatoms. The number of para-hydroxylation sites is 1. The summed E-state index contributed by atoms with van der Waals surface area (Å²) < 4.78 is 26.8. The maximum atomic E-state index is 12.3. The van der Waals surface area contributed by atoms with Gasteiger partial charge in [-0.05, 0) is 18.4 Å². The number of nitrogens with two attached hydrogens (primary N) is 1. The standard InChI is InChI=1S/C11H11N3O4S3/c1-19-9-5-3-2-4-7(9)13-21(17,18)10-6-8(14(15)16)11(12)20-10/h2-6,13H,12H2,1H3. The number of thiophene rings is 1. The molecule has 0 aliphatic heterocycles. The summed E-state index contributed by atoms with van der Waals surface area (Å²) in [6, 6.07) is 7.84. The average Bonchev–Trinajstić information content (AvgIpc) is 2.82. The van der Waals surface area contributed by atoms with Crippen LogP contribution in [0.2, 0.25) is 0 Å². The van der Waals surface area contributed by atoms with Crippen molar-refractivity contribution in [3.63, 3.8) is 0 Å². The molecule has 0 bridgehead atoms. The van der Waals surface area contributed by atoms with Crippen LogP contribution in [0.4, 0.5) is 16.4 Å². The lowest BCUT2D eigenvalue weighted by atomic mass is 10.3. The number of nitrogens with one attached hydrogen (secondary N) is 1. The number of rotatable bonds is 5. The van der Waals surface area contributed by atoms with Gasteiger partial charge in [-0.2, -0.15) is 0 Å². The number of nitrogens with zero attached hydrogens (tertiary/aromatic N) is 1. The van der Waals surface area contributed by atoms with Gasteiger partial charge in [0.2, 0.25) is 0 Å². The Bertz CT molecular complexity index is 786. The largest absolute Gasteiger partial charge is 0.385 e. The molecule has 1 aromatic carbocycles. The summed E-state index contributed by atoms with van der Waals surface area (Å²) in [5.74, 6) is 0. The van der Waals surface area contributed by atoms with Crippen LogP contribution in [0.1, 0.15) is 0 Å². The minimum atomic E-state index is -3.91. The Balaban J connectivity index is 2.39. The first kappa shape index (κ1) is 15.6. The first-order chi connectivity index (χ1) is 9.85. The predicted octanol–water partition coefficient (Wildman–Crippen LogP) is 2.76. The number of hydrogen-bond donors (Lipinski definition) is 2. The van der Waals surface area contributed by atoms with E-state index in [0.29, 0.717) is 17.0 Å². The SMILES string of the molecule is CSc1ccccc1NS(=O)(=O)c1cc([N+](=O)[O-])c(N)s1. The van der Waals surface area contributed by atoms with Crippen LogP contribution in [0.5, 0.6) is 0 Å². The Kier molecular flexibility index (Phi) is 4.40. The number of sulfonamides is 1. The van der Waals surface area contributed by atoms with Gasteiger partial charge in [-0.1, -0.05) is 23.5 Å². The highest BCUT2D eigenvalue weighted by Gasteiger charge is 2.25. The lowest BCUT2D eigenvalue weighted by molar-refractivity contribution is -0.383. The van der Waals surface area contributed by atoms with Crippen LogP contribution >= 0.6 is 23.1 Å². The number of benzene rings is 1. The molecule has 2 rings (SSSR count). The molecule has 0 radical (unpaired) electrons. The molecule has 2 aromatic rings. The molecule has 0 saturated heterocycles. The van der Waals surface area contributed by atoms with Crippen molar-refractivity contribution in [3.8, 4) is 0 Å². The van der Waals surface area contributed by atoms with Gasteiger partial charge >= 0.3 is 5.69 Å². The number of nitrogen functional groups attached to an aromatic ring is 1. The Morgan fingerprint density at radius 2 is 2.05 bits per heavy atom. The molecule has 0 aliphatic rings. The quantitative estimate of drug-likeness (QED) is 0.489. The van der Waals surface area contributed by atoms with Gasteiger partial charge in [0.25, 0.3) is 10.0 Å². The van der Waals surface area contributed by atoms with E-state index in [0.717, 1.165) is 11.0 Å². The van der Waals surface area contributed by atoms with E-state index in [2.05, 4.69) is 4.72 Å². The summed E-state index contributed by atoms with van der Waals surface area (Å²) in [7, 11) is -3.91. The number of thioether (sulfide) groups is 1. The third-order valence-electron chi connectivity index (χ3n) is 2.53. The topological polar surface area (TPSA) is 115 Å². The molecule has 0 unspecified atom stereocenters. The van der Waals surface area contributed by atoms with Gasteiger partial charge in [-0.25, -0.2) is 8.42 Å². The number of nitro groups is 1. The Hall–Kier alpha value is -1.78. The van der Waals surface area contributed by atoms with Crippen LogP contribution in [-0.4, -0.2) is 19.6 Å². The highest BCUT2D eigenvalue weighted by molar-refractivity contribution is 7.99. The zero-order valence-corrected chi connectivity index (χ0v) is 13.2. The Labute approximate surface area is 129 Å². The van der Waals surface area contributed by atoms with E-state index in [-0.39, 0.29) is 9.21 Å². The molecular formula is C11H11N3O4S3. The molecule has 0 aliphatic carbocycles. The number of hydrogen-bond acceptors (Lipinski definition) is 7. The molecule has 0 fully saturated rings. The zero-order chi connectivity index (χ0) is 15.6. The van der Waals surface area contributed by atoms with Crippen molar-refractivity contribution in [1.29, 1.82) is 0 Å². The fourth-order valence-electron chi connectivity index (χ4n) is 1.57. The van der Waals surface area contributed by atoms with Crippen LogP contribution in [0.25, 0.3) is 0 Å². The fourth-order valence-corrected chi connectivity index (χ4v) is 4.48. The Morgan fingerprint density at radius 1 is 1.38 bits per heavy atom. The van der Waals surface area contributed by atoms with Gasteiger partial charge in [0, 0.05) is 11.0 Å². The monoisotopic (exact) mass is 345 g/mol. The summed E-state index contributed by atoms with van der Waals surface area (Å²) in [5, 5.41) is 10.6. The fraction of sp³-hybridized carbons (Fsp3) is 0.0909. The summed E-state index contributed by atoms with van der Waals surface area (Å²) in [6.45, 7) is 0. The van der Waals surface area contributed by atoms with Crippen molar-refractivity contribution in [2.75, 3.05) is 16.7 Å². The van der Waals surface area contributed by atoms with E-state index in [1.54, 1.807) is 24.3 Å².